The molecule has 4 rings (SSSR count). The molecule has 3 heterocycles. The molecule has 0 atom stereocenters. The summed E-state index contributed by atoms with van der Waals surface area (Å²) in [5.74, 6) is -0.454. The summed E-state index contributed by atoms with van der Waals surface area (Å²) in [5, 5.41) is 0.801. The van der Waals surface area contributed by atoms with Crippen LogP contribution in [0.3, 0.4) is 0 Å². The van der Waals surface area contributed by atoms with E-state index in [1.54, 1.807) is 18.5 Å². The number of benzene rings is 1. The Labute approximate surface area is 142 Å². The Hall–Kier alpha value is -3.41. The number of aryl methyl sites for hydroxylation is 1. The van der Waals surface area contributed by atoms with Crippen molar-refractivity contribution in [1.29, 1.82) is 0 Å². The zero-order valence-corrected chi connectivity index (χ0v) is 13.5. The first kappa shape index (κ1) is 15.1. The predicted octanol–water partition coefficient (Wildman–Crippen LogP) is 2.84. The van der Waals surface area contributed by atoms with Gasteiger partial charge in [-0.1, -0.05) is 24.3 Å². The maximum absolute atomic E-state index is 12.4. The number of nitrogens with one attached hydrogen (secondary N) is 1. The lowest BCUT2D eigenvalue weighted by atomic mass is 10.2. The van der Waals surface area contributed by atoms with Crippen molar-refractivity contribution in [2.24, 2.45) is 0 Å². The van der Waals surface area contributed by atoms with Crippen LogP contribution < -0.4 is 5.56 Å². The van der Waals surface area contributed by atoms with Gasteiger partial charge in [0.15, 0.2) is 0 Å². The van der Waals surface area contributed by atoms with Gasteiger partial charge in [0.1, 0.15) is 12.3 Å². The standard InChI is InChI=1S/C19H15N3O3/c1-12-5-4-8-22-17(23)9-13(21-18(12)22)11-25-19(24)15-10-20-16-7-3-2-6-14(15)16/h2-10,20H,11H2,1H3. The van der Waals surface area contributed by atoms with Crippen molar-refractivity contribution in [3.63, 3.8) is 0 Å². The summed E-state index contributed by atoms with van der Waals surface area (Å²) in [6.07, 6.45) is 3.29. The topological polar surface area (TPSA) is 76.5 Å². The minimum atomic E-state index is -0.454. The molecule has 0 aliphatic carbocycles. The van der Waals surface area contributed by atoms with Gasteiger partial charge in [0.05, 0.1) is 11.3 Å². The number of hydrogen-bond donors (Lipinski definition) is 1. The average Bonchev–Trinajstić information content (AvgIpc) is 3.05. The number of ether oxygens (including phenoxy) is 1. The normalized spacial score (nSPS) is 11.1. The van der Waals surface area contributed by atoms with Crippen molar-refractivity contribution >= 4 is 22.5 Å². The van der Waals surface area contributed by atoms with Crippen molar-refractivity contribution in [2.75, 3.05) is 0 Å². The molecule has 6 nitrogen and oxygen atoms in total. The number of rotatable bonds is 3. The minimum absolute atomic E-state index is 0.0571. The highest BCUT2D eigenvalue weighted by atomic mass is 16.5. The molecule has 0 bridgehead atoms. The zero-order valence-electron chi connectivity index (χ0n) is 13.5. The van der Waals surface area contributed by atoms with E-state index in [4.69, 9.17) is 4.74 Å². The monoisotopic (exact) mass is 333 g/mol. The van der Waals surface area contributed by atoms with Gasteiger partial charge in [0.25, 0.3) is 5.56 Å². The summed E-state index contributed by atoms with van der Waals surface area (Å²) in [7, 11) is 0. The number of carbonyl (C=O) groups is 1. The van der Waals surface area contributed by atoms with Gasteiger partial charge in [-0.15, -0.1) is 0 Å². The molecule has 0 fully saturated rings. The second-order valence-electron chi connectivity index (χ2n) is 5.79. The van der Waals surface area contributed by atoms with Gasteiger partial charge in [-0.2, -0.15) is 0 Å². The third-order valence-electron chi connectivity index (χ3n) is 4.10. The highest BCUT2D eigenvalue weighted by Gasteiger charge is 2.14. The van der Waals surface area contributed by atoms with E-state index in [9.17, 15) is 9.59 Å². The van der Waals surface area contributed by atoms with Crippen molar-refractivity contribution < 1.29 is 9.53 Å². The number of aromatic nitrogens is 3. The molecule has 124 valence electrons. The van der Waals surface area contributed by atoms with Crippen LogP contribution in [0.5, 0.6) is 0 Å². The number of aromatic amines is 1. The molecule has 0 aliphatic heterocycles. The molecule has 6 heteroatoms. The van der Waals surface area contributed by atoms with E-state index in [0.29, 0.717) is 16.9 Å². The van der Waals surface area contributed by atoms with Crippen LogP contribution in [0.1, 0.15) is 21.6 Å². The van der Waals surface area contributed by atoms with Gasteiger partial charge in [0.2, 0.25) is 0 Å². The molecule has 0 amide bonds. The number of hydrogen-bond acceptors (Lipinski definition) is 4. The minimum Gasteiger partial charge on any atom is -0.456 e. The molecular formula is C19H15N3O3. The Morgan fingerprint density at radius 2 is 2.08 bits per heavy atom. The lowest BCUT2D eigenvalue weighted by Crippen LogP contribution is -2.17. The third-order valence-corrected chi connectivity index (χ3v) is 4.10. The van der Waals surface area contributed by atoms with Crippen molar-refractivity contribution in [3.05, 3.63) is 82.0 Å². The zero-order chi connectivity index (χ0) is 17.4. The molecule has 0 unspecified atom stereocenters. The first-order chi connectivity index (χ1) is 12.1. The fourth-order valence-corrected chi connectivity index (χ4v) is 2.84. The van der Waals surface area contributed by atoms with Crippen LogP contribution in [-0.2, 0) is 11.3 Å². The van der Waals surface area contributed by atoms with Crippen molar-refractivity contribution in [1.82, 2.24) is 14.4 Å². The quantitative estimate of drug-likeness (QED) is 0.585. The van der Waals surface area contributed by atoms with Crippen molar-refractivity contribution in [3.8, 4) is 0 Å². The fraction of sp³-hybridized carbons (Fsp3) is 0.105. The van der Waals surface area contributed by atoms with Crippen LogP contribution in [0.2, 0.25) is 0 Å². The maximum Gasteiger partial charge on any atom is 0.340 e. The number of H-pyrrole nitrogens is 1. The average molecular weight is 333 g/mol. The van der Waals surface area contributed by atoms with E-state index in [1.807, 2.05) is 37.3 Å². The summed E-state index contributed by atoms with van der Waals surface area (Å²) in [6, 6.07) is 12.6. The molecule has 4 aromatic rings. The fourth-order valence-electron chi connectivity index (χ4n) is 2.84. The molecule has 0 saturated carbocycles. The van der Waals surface area contributed by atoms with Crippen LogP contribution in [0, 0.1) is 6.92 Å². The predicted molar refractivity (Wildman–Crippen MR) is 93.6 cm³/mol. The number of pyridine rings is 1. The number of fused-ring (bicyclic) bond motifs is 2. The van der Waals surface area contributed by atoms with E-state index in [1.165, 1.54) is 10.5 Å². The first-order valence-electron chi connectivity index (χ1n) is 7.84. The second-order valence-corrected chi connectivity index (χ2v) is 5.79. The molecule has 1 N–H and O–H groups in total. The first-order valence-corrected chi connectivity index (χ1v) is 7.84. The van der Waals surface area contributed by atoms with Gasteiger partial charge in [0, 0.05) is 29.4 Å². The van der Waals surface area contributed by atoms with Crippen molar-refractivity contribution in [2.45, 2.75) is 13.5 Å². The molecule has 0 aliphatic rings. The van der Waals surface area contributed by atoms with Gasteiger partial charge < -0.3 is 9.72 Å². The Balaban J connectivity index is 1.61. The number of carbonyl (C=O) groups excluding carboxylic acids is 1. The van der Waals surface area contributed by atoms with Crippen LogP contribution >= 0.6 is 0 Å². The summed E-state index contributed by atoms with van der Waals surface area (Å²) < 4.78 is 6.83. The molecule has 3 aromatic heterocycles. The molecule has 1 aromatic carbocycles. The largest absolute Gasteiger partial charge is 0.456 e. The molecule has 0 spiro atoms. The van der Waals surface area contributed by atoms with Crippen LogP contribution in [-0.4, -0.2) is 20.3 Å². The highest BCUT2D eigenvalue weighted by molar-refractivity contribution is 6.03. The summed E-state index contributed by atoms with van der Waals surface area (Å²) in [5.41, 5.74) is 2.99. The highest BCUT2D eigenvalue weighted by Crippen LogP contribution is 2.18. The van der Waals surface area contributed by atoms with E-state index < -0.39 is 5.97 Å². The second kappa shape index (κ2) is 5.90. The Morgan fingerprint density at radius 3 is 2.96 bits per heavy atom. The Morgan fingerprint density at radius 1 is 1.24 bits per heavy atom. The number of para-hydroxylation sites is 1. The van der Waals surface area contributed by atoms with E-state index >= 15 is 0 Å². The molecule has 0 radical (unpaired) electrons. The lowest BCUT2D eigenvalue weighted by molar-refractivity contribution is 0.0470. The van der Waals surface area contributed by atoms with Crippen LogP contribution in [0.4, 0.5) is 0 Å². The molecule has 25 heavy (non-hydrogen) atoms. The maximum atomic E-state index is 12.4. The smallest absolute Gasteiger partial charge is 0.340 e. The Bertz CT molecular complexity index is 1160. The summed E-state index contributed by atoms with van der Waals surface area (Å²) in [6.45, 7) is 1.82. The molecule has 0 saturated heterocycles. The van der Waals surface area contributed by atoms with Gasteiger partial charge in [-0.05, 0) is 24.6 Å². The van der Waals surface area contributed by atoms with Gasteiger partial charge >= 0.3 is 5.97 Å². The SMILES string of the molecule is Cc1cccn2c(=O)cc(COC(=O)c3c[nH]c4ccccc34)nc12. The van der Waals surface area contributed by atoms with Gasteiger partial charge in [-0.3, -0.25) is 9.20 Å². The third kappa shape index (κ3) is 2.67. The number of nitrogens with zero attached hydrogens (tertiary/aromatic N) is 2. The Kier molecular flexibility index (Phi) is 3.57. The van der Waals surface area contributed by atoms with E-state index in [2.05, 4.69) is 9.97 Å². The van der Waals surface area contributed by atoms with Gasteiger partial charge in [-0.25, -0.2) is 9.78 Å². The van der Waals surface area contributed by atoms with Crippen LogP contribution in [0.25, 0.3) is 16.6 Å². The number of esters is 1. The summed E-state index contributed by atoms with van der Waals surface area (Å²) >= 11 is 0. The van der Waals surface area contributed by atoms with Crippen LogP contribution in [0.15, 0.2) is 59.7 Å². The van der Waals surface area contributed by atoms with E-state index in [0.717, 1.165) is 16.5 Å². The van der Waals surface area contributed by atoms with E-state index in [-0.39, 0.29) is 12.2 Å². The lowest BCUT2D eigenvalue weighted by Gasteiger charge is -2.07. The summed E-state index contributed by atoms with van der Waals surface area (Å²) in [4.78, 5) is 32.0. The molecular weight excluding hydrogens is 318 g/mol.